The summed E-state index contributed by atoms with van der Waals surface area (Å²) in [4.78, 5) is 11.0. The molecule has 0 heterocycles. The highest BCUT2D eigenvalue weighted by atomic mass is 19.1. The van der Waals surface area contributed by atoms with Crippen LogP contribution in [0.4, 0.5) is 4.39 Å². The fourth-order valence-electron chi connectivity index (χ4n) is 0.513. The molecule has 0 aromatic heterocycles. The number of halogens is 1. The van der Waals surface area contributed by atoms with Gasteiger partial charge < -0.3 is 4.74 Å². The molecule has 0 aliphatic rings. The molecule has 0 fully saturated rings. The fraction of sp³-hybridized carbons (Fsp3) is 0.875. The van der Waals surface area contributed by atoms with Crippen molar-refractivity contribution < 1.29 is 13.9 Å². The van der Waals surface area contributed by atoms with Gasteiger partial charge in [-0.25, -0.2) is 4.39 Å². The van der Waals surface area contributed by atoms with Crippen LogP contribution in [0, 0.1) is 5.92 Å². The van der Waals surface area contributed by atoms with Crippen molar-refractivity contribution in [2.75, 3.05) is 6.67 Å². The van der Waals surface area contributed by atoms with Gasteiger partial charge in [0.15, 0.2) is 0 Å². The molecule has 0 spiro atoms. The fourth-order valence-corrected chi connectivity index (χ4v) is 0.513. The zero-order valence-electron chi connectivity index (χ0n) is 7.26. The summed E-state index contributed by atoms with van der Waals surface area (Å²) in [5.41, 5.74) is 0. The summed E-state index contributed by atoms with van der Waals surface area (Å²) in [6.45, 7) is 4.60. The smallest absolute Gasteiger partial charge is 0.308 e. The van der Waals surface area contributed by atoms with Gasteiger partial charge in [0, 0.05) is 0 Å². The Kier molecular flexibility index (Phi) is 4.83. The van der Waals surface area contributed by atoms with E-state index < -0.39 is 12.8 Å². The van der Waals surface area contributed by atoms with Crippen molar-refractivity contribution in [2.24, 2.45) is 5.92 Å². The maximum absolute atomic E-state index is 11.8. The van der Waals surface area contributed by atoms with Crippen molar-refractivity contribution in [3.63, 3.8) is 0 Å². The van der Waals surface area contributed by atoms with Gasteiger partial charge in [-0.2, -0.15) is 0 Å². The van der Waals surface area contributed by atoms with Crippen LogP contribution in [0.5, 0.6) is 0 Å². The molecule has 0 bridgehead atoms. The van der Waals surface area contributed by atoms with E-state index in [1.54, 1.807) is 13.8 Å². The molecule has 0 N–H and O–H groups in total. The molecule has 0 aromatic rings. The van der Waals surface area contributed by atoms with Gasteiger partial charge in [0.25, 0.3) is 0 Å². The van der Waals surface area contributed by atoms with Crippen molar-refractivity contribution in [1.82, 2.24) is 0 Å². The zero-order valence-corrected chi connectivity index (χ0v) is 7.26. The Hall–Kier alpha value is -0.600. The van der Waals surface area contributed by atoms with E-state index in [-0.39, 0.29) is 11.9 Å². The summed E-state index contributed by atoms with van der Waals surface area (Å²) >= 11 is 0. The number of hydrogen-bond acceptors (Lipinski definition) is 2. The highest BCUT2D eigenvalue weighted by molar-refractivity contribution is 5.72. The molecule has 3 heteroatoms. The molecule has 0 radical (unpaired) electrons. The van der Waals surface area contributed by atoms with E-state index in [9.17, 15) is 9.18 Å². The molecule has 0 saturated carbocycles. The predicted octanol–water partition coefficient (Wildman–Crippen LogP) is 1.93. The third-order valence-electron chi connectivity index (χ3n) is 1.55. The van der Waals surface area contributed by atoms with Gasteiger partial charge in [-0.3, -0.25) is 4.79 Å². The quantitative estimate of drug-likeness (QED) is 0.590. The first-order valence-corrected chi connectivity index (χ1v) is 3.88. The number of esters is 1. The van der Waals surface area contributed by atoms with Crippen LogP contribution >= 0.6 is 0 Å². The van der Waals surface area contributed by atoms with Crippen LogP contribution in [-0.2, 0) is 9.53 Å². The van der Waals surface area contributed by atoms with Gasteiger partial charge in [-0.1, -0.05) is 13.8 Å². The lowest BCUT2D eigenvalue weighted by atomic mass is 10.1. The van der Waals surface area contributed by atoms with E-state index in [2.05, 4.69) is 0 Å². The minimum absolute atomic E-state index is 0.121. The summed E-state index contributed by atoms with van der Waals surface area (Å²) in [6.07, 6.45) is 0.134. The molecule has 0 aliphatic heterocycles. The van der Waals surface area contributed by atoms with E-state index >= 15 is 0 Å². The molecule has 11 heavy (non-hydrogen) atoms. The summed E-state index contributed by atoms with van der Waals surface area (Å²) in [6, 6.07) is 0. The first-order valence-electron chi connectivity index (χ1n) is 3.88. The molecule has 0 rings (SSSR count). The zero-order chi connectivity index (χ0) is 8.85. The Bertz CT molecular complexity index is 125. The van der Waals surface area contributed by atoms with Crippen molar-refractivity contribution in [3.05, 3.63) is 0 Å². The van der Waals surface area contributed by atoms with Crippen molar-refractivity contribution >= 4 is 5.97 Å². The van der Waals surface area contributed by atoms with Crippen LogP contribution in [0.2, 0.25) is 0 Å². The topological polar surface area (TPSA) is 26.3 Å². The molecule has 2 unspecified atom stereocenters. The van der Waals surface area contributed by atoms with Crippen LogP contribution in [0.1, 0.15) is 27.2 Å². The van der Waals surface area contributed by atoms with Crippen LogP contribution in [0.3, 0.4) is 0 Å². The van der Waals surface area contributed by atoms with Gasteiger partial charge >= 0.3 is 5.97 Å². The number of hydrogen-bond donors (Lipinski definition) is 0. The molecule has 0 amide bonds. The lowest BCUT2D eigenvalue weighted by Crippen LogP contribution is -2.21. The normalized spacial score (nSPS) is 15.6. The van der Waals surface area contributed by atoms with E-state index in [0.717, 1.165) is 6.42 Å². The molecule has 2 atom stereocenters. The Morgan fingerprint density at radius 2 is 2.09 bits per heavy atom. The standard InChI is InChI=1S/C8H15FO2/c1-4-6(2)8(10)11-7(3)5-9/h6-7H,4-5H2,1-3H3. The number of carbonyl (C=O) groups is 1. The van der Waals surface area contributed by atoms with Crippen molar-refractivity contribution in [3.8, 4) is 0 Å². The second-order valence-corrected chi connectivity index (χ2v) is 2.71. The molecule has 0 saturated heterocycles. The summed E-state index contributed by atoms with van der Waals surface area (Å²) in [7, 11) is 0. The lowest BCUT2D eigenvalue weighted by molar-refractivity contribution is -0.153. The van der Waals surface area contributed by atoms with Crippen LogP contribution in [0.15, 0.2) is 0 Å². The summed E-state index contributed by atoms with van der Waals surface area (Å²) < 4.78 is 16.6. The largest absolute Gasteiger partial charge is 0.460 e. The molecule has 0 aliphatic carbocycles. The molecular formula is C8H15FO2. The second kappa shape index (κ2) is 5.10. The summed E-state index contributed by atoms with van der Waals surface area (Å²) in [5, 5.41) is 0. The maximum atomic E-state index is 11.8. The molecule has 0 aromatic carbocycles. The minimum Gasteiger partial charge on any atom is -0.460 e. The van der Waals surface area contributed by atoms with E-state index in [4.69, 9.17) is 4.74 Å². The average molecular weight is 162 g/mol. The predicted molar refractivity (Wildman–Crippen MR) is 41.0 cm³/mol. The van der Waals surface area contributed by atoms with E-state index in [0.29, 0.717) is 0 Å². The number of ether oxygens (including phenoxy) is 1. The third kappa shape index (κ3) is 3.96. The Balaban J connectivity index is 3.68. The number of alkyl halides is 1. The Morgan fingerprint density at radius 1 is 1.55 bits per heavy atom. The number of rotatable bonds is 4. The van der Waals surface area contributed by atoms with Crippen molar-refractivity contribution in [1.29, 1.82) is 0 Å². The Morgan fingerprint density at radius 3 is 2.45 bits per heavy atom. The minimum atomic E-state index is -0.609. The third-order valence-corrected chi connectivity index (χ3v) is 1.55. The van der Waals surface area contributed by atoms with Crippen LogP contribution < -0.4 is 0 Å². The monoisotopic (exact) mass is 162 g/mol. The number of carbonyl (C=O) groups excluding carboxylic acids is 1. The Labute approximate surface area is 66.7 Å². The SMILES string of the molecule is CCC(C)C(=O)OC(C)CF. The summed E-state index contributed by atoms with van der Waals surface area (Å²) in [5.74, 6) is -0.429. The molecule has 66 valence electrons. The van der Waals surface area contributed by atoms with Gasteiger partial charge in [-0.05, 0) is 13.3 Å². The highest BCUT2D eigenvalue weighted by Crippen LogP contribution is 2.05. The average Bonchev–Trinajstić information content (AvgIpc) is 2.02. The van der Waals surface area contributed by atoms with Gasteiger partial charge in [0.2, 0.25) is 0 Å². The van der Waals surface area contributed by atoms with Gasteiger partial charge in [0.1, 0.15) is 12.8 Å². The lowest BCUT2D eigenvalue weighted by Gasteiger charge is -2.12. The maximum Gasteiger partial charge on any atom is 0.308 e. The van der Waals surface area contributed by atoms with Crippen LogP contribution in [0.25, 0.3) is 0 Å². The molecular weight excluding hydrogens is 147 g/mol. The molecule has 2 nitrogen and oxygen atoms in total. The van der Waals surface area contributed by atoms with Gasteiger partial charge in [-0.15, -0.1) is 0 Å². The second-order valence-electron chi connectivity index (χ2n) is 2.71. The van der Waals surface area contributed by atoms with E-state index in [1.165, 1.54) is 0 Å². The van der Waals surface area contributed by atoms with E-state index in [1.807, 2.05) is 6.92 Å². The van der Waals surface area contributed by atoms with Crippen LogP contribution in [-0.4, -0.2) is 18.7 Å². The van der Waals surface area contributed by atoms with Crippen molar-refractivity contribution in [2.45, 2.75) is 33.3 Å². The first-order chi connectivity index (χ1) is 5.11. The van der Waals surface area contributed by atoms with Gasteiger partial charge in [0.05, 0.1) is 5.92 Å². The highest BCUT2D eigenvalue weighted by Gasteiger charge is 2.14. The first kappa shape index (κ1) is 10.4.